The minimum atomic E-state index is 0.648. The highest BCUT2D eigenvalue weighted by Gasteiger charge is 2.11. The van der Waals surface area contributed by atoms with Crippen molar-refractivity contribution < 1.29 is 0 Å². The van der Waals surface area contributed by atoms with Crippen LogP contribution in [0.4, 0.5) is 5.95 Å². The van der Waals surface area contributed by atoms with Crippen molar-refractivity contribution in [1.29, 1.82) is 0 Å². The third-order valence-electron chi connectivity index (χ3n) is 4.23. The molecule has 4 rings (SSSR count). The van der Waals surface area contributed by atoms with Gasteiger partial charge in [-0.05, 0) is 18.6 Å². The fraction of sp³-hybridized carbons (Fsp3) is 0.222. The number of nitrogens with zero attached hydrogens (tertiary/aromatic N) is 7. The van der Waals surface area contributed by atoms with E-state index in [1.807, 2.05) is 52.8 Å². The maximum Gasteiger partial charge on any atom is 0.227 e. The molecular weight excluding hydrogens is 314 g/mol. The van der Waals surface area contributed by atoms with E-state index in [2.05, 4.69) is 39.1 Å². The first kappa shape index (κ1) is 15.3. The molecule has 0 spiro atoms. The summed E-state index contributed by atoms with van der Waals surface area (Å²) in [5, 5.41) is 4.48. The maximum atomic E-state index is 4.53. The van der Waals surface area contributed by atoms with Crippen molar-refractivity contribution in [3.63, 3.8) is 0 Å². The van der Waals surface area contributed by atoms with Crippen LogP contribution in [0.15, 0.2) is 49.2 Å². The van der Waals surface area contributed by atoms with Crippen LogP contribution >= 0.6 is 0 Å². The fourth-order valence-electron chi connectivity index (χ4n) is 2.83. The van der Waals surface area contributed by atoms with Crippen molar-refractivity contribution in [3.05, 3.63) is 60.3 Å². The number of anilines is 1. The van der Waals surface area contributed by atoms with Crippen LogP contribution in [0.1, 0.15) is 11.1 Å². The van der Waals surface area contributed by atoms with Gasteiger partial charge >= 0.3 is 0 Å². The lowest BCUT2D eigenvalue weighted by Crippen LogP contribution is -2.18. The number of para-hydroxylation sites is 1. The summed E-state index contributed by atoms with van der Waals surface area (Å²) in [5.74, 6) is 0.648. The fourth-order valence-corrected chi connectivity index (χ4v) is 2.83. The van der Waals surface area contributed by atoms with E-state index in [-0.39, 0.29) is 0 Å². The third-order valence-corrected chi connectivity index (χ3v) is 4.23. The van der Waals surface area contributed by atoms with Gasteiger partial charge in [0.2, 0.25) is 5.95 Å². The molecule has 0 aliphatic carbocycles. The summed E-state index contributed by atoms with van der Waals surface area (Å²) in [6.45, 7) is 2.75. The molecule has 0 N–H and O–H groups in total. The topological polar surface area (TPSA) is 64.7 Å². The van der Waals surface area contributed by atoms with Gasteiger partial charge in [0, 0.05) is 32.4 Å². The molecule has 3 heterocycles. The number of hydrogen-bond donors (Lipinski definition) is 0. The predicted molar refractivity (Wildman–Crippen MR) is 96.7 cm³/mol. The van der Waals surface area contributed by atoms with Crippen LogP contribution < -0.4 is 4.90 Å². The summed E-state index contributed by atoms with van der Waals surface area (Å²) < 4.78 is 3.81. The smallest absolute Gasteiger partial charge is 0.227 e. The van der Waals surface area contributed by atoms with Crippen molar-refractivity contribution in [1.82, 2.24) is 29.3 Å². The second-order valence-corrected chi connectivity index (χ2v) is 6.17. The summed E-state index contributed by atoms with van der Waals surface area (Å²) in [6, 6.07) is 8.19. The van der Waals surface area contributed by atoms with Crippen LogP contribution in [0.5, 0.6) is 0 Å². The molecule has 25 heavy (non-hydrogen) atoms. The van der Waals surface area contributed by atoms with Crippen LogP contribution in [0.2, 0.25) is 0 Å². The quantitative estimate of drug-likeness (QED) is 0.574. The van der Waals surface area contributed by atoms with Crippen molar-refractivity contribution in [3.8, 4) is 5.69 Å². The average Bonchev–Trinajstić information content (AvgIpc) is 3.22. The van der Waals surface area contributed by atoms with E-state index in [1.165, 1.54) is 5.56 Å². The van der Waals surface area contributed by atoms with Gasteiger partial charge in [0.25, 0.3) is 0 Å². The van der Waals surface area contributed by atoms with Gasteiger partial charge in [0.15, 0.2) is 5.65 Å². The van der Waals surface area contributed by atoms with E-state index < -0.39 is 0 Å². The van der Waals surface area contributed by atoms with Crippen LogP contribution in [0, 0.1) is 6.92 Å². The zero-order chi connectivity index (χ0) is 17.4. The average molecular weight is 333 g/mol. The lowest BCUT2D eigenvalue weighted by atomic mass is 10.2. The Hall–Kier alpha value is -3.22. The van der Waals surface area contributed by atoms with E-state index in [0.717, 1.165) is 16.8 Å². The number of benzene rings is 1. The number of fused-ring (bicyclic) bond motifs is 1. The second-order valence-electron chi connectivity index (χ2n) is 6.17. The predicted octanol–water partition coefficient (Wildman–Crippen LogP) is 2.49. The molecule has 0 fully saturated rings. The van der Waals surface area contributed by atoms with Crippen molar-refractivity contribution in [2.24, 2.45) is 7.05 Å². The summed E-state index contributed by atoms with van der Waals surface area (Å²) in [5.41, 5.74) is 4.99. The normalized spacial score (nSPS) is 11.2. The van der Waals surface area contributed by atoms with Crippen molar-refractivity contribution in [2.45, 2.75) is 13.5 Å². The highest BCUT2D eigenvalue weighted by Crippen LogP contribution is 2.16. The summed E-state index contributed by atoms with van der Waals surface area (Å²) >= 11 is 0. The molecule has 0 radical (unpaired) electrons. The molecule has 0 amide bonds. The van der Waals surface area contributed by atoms with Crippen molar-refractivity contribution in [2.75, 3.05) is 11.9 Å². The highest BCUT2D eigenvalue weighted by atomic mass is 15.3. The Morgan fingerprint density at radius 1 is 1.12 bits per heavy atom. The lowest BCUT2D eigenvalue weighted by molar-refractivity contribution is 0.861. The van der Waals surface area contributed by atoms with Gasteiger partial charge in [-0.25, -0.2) is 14.6 Å². The monoisotopic (exact) mass is 333 g/mol. The molecule has 3 aromatic heterocycles. The molecule has 126 valence electrons. The van der Waals surface area contributed by atoms with Crippen LogP contribution in [-0.4, -0.2) is 36.3 Å². The van der Waals surface area contributed by atoms with Gasteiger partial charge in [-0.3, -0.25) is 0 Å². The molecule has 0 aliphatic rings. The first-order valence-electron chi connectivity index (χ1n) is 8.06. The van der Waals surface area contributed by atoms with Crippen LogP contribution in [-0.2, 0) is 13.6 Å². The standard InChI is InChI=1S/C18H19N7/c1-13-6-4-5-7-15(13)25-11-14(8-21-25)10-23(2)18-19-9-16-17(22-18)20-12-24(16)3/h4-9,11-12H,10H2,1-3H3. The second kappa shape index (κ2) is 6.01. The SMILES string of the molecule is Cc1ccccc1-n1cc(CN(C)c2ncc3c(ncn3C)n2)cn1. The molecule has 0 aliphatic heterocycles. The molecule has 0 atom stereocenters. The number of hydrogen-bond acceptors (Lipinski definition) is 5. The summed E-state index contributed by atoms with van der Waals surface area (Å²) in [6.07, 6.45) is 7.47. The Labute approximate surface area is 145 Å². The van der Waals surface area contributed by atoms with Gasteiger partial charge in [-0.1, -0.05) is 18.2 Å². The minimum absolute atomic E-state index is 0.648. The Bertz CT molecular complexity index is 1030. The molecule has 7 heteroatoms. The Morgan fingerprint density at radius 3 is 2.80 bits per heavy atom. The zero-order valence-corrected chi connectivity index (χ0v) is 14.5. The molecule has 4 aromatic rings. The van der Waals surface area contributed by atoms with E-state index in [4.69, 9.17) is 0 Å². The molecule has 0 bridgehead atoms. The Morgan fingerprint density at radius 2 is 1.96 bits per heavy atom. The Kier molecular flexibility index (Phi) is 3.68. The van der Waals surface area contributed by atoms with Gasteiger partial charge in [-0.2, -0.15) is 10.1 Å². The molecule has 7 nitrogen and oxygen atoms in total. The van der Waals surface area contributed by atoms with Crippen molar-refractivity contribution >= 4 is 17.1 Å². The van der Waals surface area contributed by atoms with E-state index in [9.17, 15) is 0 Å². The molecule has 1 aromatic carbocycles. The first-order valence-corrected chi connectivity index (χ1v) is 8.06. The maximum absolute atomic E-state index is 4.53. The lowest BCUT2D eigenvalue weighted by Gasteiger charge is -2.15. The summed E-state index contributed by atoms with van der Waals surface area (Å²) in [4.78, 5) is 15.3. The number of aryl methyl sites for hydroxylation is 2. The summed E-state index contributed by atoms with van der Waals surface area (Å²) in [7, 11) is 3.90. The number of rotatable bonds is 4. The van der Waals surface area contributed by atoms with Gasteiger partial charge in [-0.15, -0.1) is 0 Å². The van der Waals surface area contributed by atoms with Gasteiger partial charge in [0.1, 0.15) is 5.52 Å². The van der Waals surface area contributed by atoms with Crippen LogP contribution in [0.3, 0.4) is 0 Å². The number of aromatic nitrogens is 6. The van der Waals surface area contributed by atoms with Crippen LogP contribution in [0.25, 0.3) is 16.9 Å². The van der Waals surface area contributed by atoms with E-state index in [1.54, 1.807) is 12.5 Å². The molecule has 0 unspecified atom stereocenters. The molecular formula is C18H19N7. The minimum Gasteiger partial charge on any atom is -0.339 e. The highest BCUT2D eigenvalue weighted by molar-refractivity contribution is 5.70. The third kappa shape index (κ3) is 2.84. The van der Waals surface area contributed by atoms with Gasteiger partial charge < -0.3 is 9.47 Å². The Balaban J connectivity index is 1.56. The first-order chi connectivity index (χ1) is 12.1. The van der Waals surface area contributed by atoms with E-state index in [0.29, 0.717) is 18.1 Å². The van der Waals surface area contributed by atoms with Gasteiger partial charge in [0.05, 0.1) is 24.4 Å². The zero-order valence-electron chi connectivity index (χ0n) is 14.5. The number of imidazole rings is 1. The van der Waals surface area contributed by atoms with E-state index >= 15 is 0 Å². The molecule has 0 saturated heterocycles. The largest absolute Gasteiger partial charge is 0.339 e. The molecule has 0 saturated carbocycles.